The molecule has 2 rings (SSSR count). The Balaban J connectivity index is 2.41. The highest BCUT2D eigenvalue weighted by molar-refractivity contribution is 7.92. The van der Waals surface area contributed by atoms with Gasteiger partial charge in [0.15, 0.2) is 0 Å². The van der Waals surface area contributed by atoms with Crippen molar-refractivity contribution in [2.24, 2.45) is 0 Å². The highest BCUT2D eigenvalue weighted by Gasteiger charge is 2.21. The van der Waals surface area contributed by atoms with Gasteiger partial charge in [-0.15, -0.1) is 0 Å². The number of aromatic nitrogens is 2. The highest BCUT2D eigenvalue weighted by Crippen LogP contribution is 2.27. The Morgan fingerprint density at radius 2 is 1.90 bits per heavy atom. The van der Waals surface area contributed by atoms with E-state index in [0.29, 0.717) is 0 Å². The van der Waals surface area contributed by atoms with Crippen LogP contribution in [0.1, 0.15) is 0 Å². The van der Waals surface area contributed by atoms with Crippen LogP contribution in [0.4, 0.5) is 17.1 Å². The van der Waals surface area contributed by atoms with Crippen LogP contribution in [-0.2, 0) is 10.0 Å². The maximum Gasteiger partial charge on any atom is 0.293 e. The molecule has 110 valence electrons. The molecule has 0 spiro atoms. The average Bonchev–Trinajstić information content (AvgIpc) is 2.47. The fourth-order valence-corrected chi connectivity index (χ4v) is 2.65. The molecule has 0 bridgehead atoms. The van der Waals surface area contributed by atoms with Crippen molar-refractivity contribution < 1.29 is 13.3 Å². The van der Waals surface area contributed by atoms with Gasteiger partial charge in [0.05, 0.1) is 27.9 Å². The quantitative estimate of drug-likeness (QED) is 0.628. The molecule has 9 nitrogen and oxygen atoms in total. The standard InChI is InChI=1S/C11H11N5O4S/c1-12-10-3-2-9(4-11(10)16(17)18)21(19,20)15-8-5-13-7-14-6-8/h2-7,12,15H,1H3. The van der Waals surface area contributed by atoms with Crippen molar-refractivity contribution in [1.29, 1.82) is 0 Å². The smallest absolute Gasteiger partial charge is 0.293 e. The maximum absolute atomic E-state index is 12.2. The Kier molecular flexibility index (Phi) is 3.98. The van der Waals surface area contributed by atoms with Gasteiger partial charge in [-0.3, -0.25) is 14.8 Å². The lowest BCUT2D eigenvalue weighted by Crippen LogP contribution is -2.13. The number of nitrogens with zero attached hydrogens (tertiary/aromatic N) is 3. The van der Waals surface area contributed by atoms with Gasteiger partial charge < -0.3 is 5.32 Å². The zero-order valence-corrected chi connectivity index (χ0v) is 11.7. The summed E-state index contributed by atoms with van der Waals surface area (Å²) >= 11 is 0. The number of rotatable bonds is 5. The van der Waals surface area contributed by atoms with Crippen LogP contribution in [-0.4, -0.2) is 30.4 Å². The Hall–Kier alpha value is -2.75. The number of benzene rings is 1. The molecular weight excluding hydrogens is 298 g/mol. The number of nitro benzene ring substituents is 1. The molecule has 1 heterocycles. The summed E-state index contributed by atoms with van der Waals surface area (Å²) in [7, 11) is -2.45. The lowest BCUT2D eigenvalue weighted by molar-refractivity contribution is -0.384. The fraction of sp³-hybridized carbons (Fsp3) is 0.0909. The predicted octanol–water partition coefficient (Wildman–Crippen LogP) is 1.23. The molecule has 0 amide bonds. The molecule has 2 N–H and O–H groups in total. The van der Waals surface area contributed by atoms with Crippen molar-refractivity contribution in [1.82, 2.24) is 9.97 Å². The van der Waals surface area contributed by atoms with Crippen molar-refractivity contribution in [3.05, 3.63) is 47.0 Å². The Labute approximate surface area is 120 Å². The molecule has 0 aliphatic carbocycles. The second-order valence-electron chi connectivity index (χ2n) is 3.92. The summed E-state index contributed by atoms with van der Waals surface area (Å²) < 4.78 is 26.6. The molecule has 0 atom stereocenters. The molecule has 0 fully saturated rings. The first-order chi connectivity index (χ1) is 9.94. The number of nitro groups is 1. The lowest BCUT2D eigenvalue weighted by Gasteiger charge is -2.08. The van der Waals surface area contributed by atoms with Crippen LogP contribution < -0.4 is 10.0 Å². The van der Waals surface area contributed by atoms with E-state index < -0.39 is 14.9 Å². The fourth-order valence-electron chi connectivity index (χ4n) is 1.61. The van der Waals surface area contributed by atoms with Gasteiger partial charge in [-0.05, 0) is 12.1 Å². The third-order valence-corrected chi connectivity index (χ3v) is 3.94. The zero-order valence-electron chi connectivity index (χ0n) is 10.8. The van der Waals surface area contributed by atoms with Crippen LogP contribution in [0.3, 0.4) is 0 Å². The van der Waals surface area contributed by atoms with E-state index in [1.165, 1.54) is 37.9 Å². The van der Waals surface area contributed by atoms with E-state index in [1.54, 1.807) is 0 Å². The van der Waals surface area contributed by atoms with E-state index in [4.69, 9.17) is 0 Å². The Bertz CT molecular complexity index is 763. The molecule has 0 saturated carbocycles. The van der Waals surface area contributed by atoms with Crippen molar-refractivity contribution >= 4 is 27.1 Å². The van der Waals surface area contributed by atoms with E-state index in [9.17, 15) is 18.5 Å². The van der Waals surface area contributed by atoms with E-state index in [1.807, 2.05) is 0 Å². The highest BCUT2D eigenvalue weighted by atomic mass is 32.2. The summed E-state index contributed by atoms with van der Waals surface area (Å²) in [5, 5.41) is 13.6. The first-order valence-electron chi connectivity index (χ1n) is 5.68. The lowest BCUT2D eigenvalue weighted by atomic mass is 10.3. The summed E-state index contributed by atoms with van der Waals surface area (Å²) in [5.41, 5.74) is 0.0597. The second-order valence-corrected chi connectivity index (χ2v) is 5.60. The van der Waals surface area contributed by atoms with Gasteiger partial charge >= 0.3 is 0 Å². The third-order valence-electron chi connectivity index (χ3n) is 2.56. The largest absolute Gasteiger partial charge is 0.383 e. The summed E-state index contributed by atoms with van der Waals surface area (Å²) in [6, 6.07) is 3.58. The molecule has 2 aromatic rings. The minimum Gasteiger partial charge on any atom is -0.383 e. The van der Waals surface area contributed by atoms with Gasteiger partial charge in [0.1, 0.15) is 12.0 Å². The minimum atomic E-state index is -3.96. The molecule has 0 unspecified atom stereocenters. The second kappa shape index (κ2) is 5.71. The number of hydrogen-bond acceptors (Lipinski definition) is 7. The monoisotopic (exact) mass is 309 g/mol. The number of nitrogens with one attached hydrogen (secondary N) is 2. The van der Waals surface area contributed by atoms with Crippen LogP contribution in [0.25, 0.3) is 0 Å². The van der Waals surface area contributed by atoms with Crippen LogP contribution >= 0.6 is 0 Å². The van der Waals surface area contributed by atoms with Gasteiger partial charge in [0.25, 0.3) is 15.7 Å². The summed E-state index contributed by atoms with van der Waals surface area (Å²) in [6.45, 7) is 0. The van der Waals surface area contributed by atoms with E-state index in [0.717, 1.165) is 6.07 Å². The van der Waals surface area contributed by atoms with E-state index in [2.05, 4.69) is 20.0 Å². The van der Waals surface area contributed by atoms with Gasteiger partial charge in [-0.25, -0.2) is 18.4 Å². The molecule has 10 heteroatoms. The van der Waals surface area contributed by atoms with Crippen molar-refractivity contribution in [2.75, 3.05) is 17.1 Å². The molecule has 0 saturated heterocycles. The van der Waals surface area contributed by atoms with Crippen LogP contribution in [0.5, 0.6) is 0 Å². The van der Waals surface area contributed by atoms with Gasteiger partial charge in [-0.2, -0.15) is 0 Å². The molecular formula is C11H11N5O4S. The summed E-state index contributed by atoms with van der Waals surface area (Å²) in [5.74, 6) is 0. The minimum absolute atomic E-state index is 0.165. The van der Waals surface area contributed by atoms with Crippen molar-refractivity contribution in [2.45, 2.75) is 4.90 Å². The van der Waals surface area contributed by atoms with Gasteiger partial charge in [0.2, 0.25) is 0 Å². The first kappa shape index (κ1) is 14.7. The molecule has 0 aliphatic rings. The zero-order chi connectivity index (χ0) is 15.5. The average molecular weight is 309 g/mol. The first-order valence-corrected chi connectivity index (χ1v) is 7.16. The maximum atomic E-state index is 12.2. The number of hydrogen-bond donors (Lipinski definition) is 2. The molecule has 21 heavy (non-hydrogen) atoms. The Morgan fingerprint density at radius 3 is 2.48 bits per heavy atom. The SMILES string of the molecule is CNc1ccc(S(=O)(=O)Nc2cncnc2)cc1[N+](=O)[O-]. The van der Waals surface area contributed by atoms with Crippen molar-refractivity contribution in [3.63, 3.8) is 0 Å². The molecule has 0 radical (unpaired) electrons. The van der Waals surface area contributed by atoms with Gasteiger partial charge in [-0.1, -0.05) is 0 Å². The summed E-state index contributed by atoms with van der Waals surface area (Å²) in [4.78, 5) is 17.4. The van der Waals surface area contributed by atoms with Gasteiger partial charge in [0, 0.05) is 13.1 Å². The molecule has 1 aromatic carbocycles. The third kappa shape index (κ3) is 3.23. The Morgan fingerprint density at radius 1 is 1.24 bits per heavy atom. The van der Waals surface area contributed by atoms with Crippen LogP contribution in [0, 0.1) is 10.1 Å². The van der Waals surface area contributed by atoms with E-state index >= 15 is 0 Å². The number of sulfonamides is 1. The topological polar surface area (TPSA) is 127 Å². The van der Waals surface area contributed by atoms with Crippen LogP contribution in [0.2, 0.25) is 0 Å². The predicted molar refractivity (Wildman–Crippen MR) is 75.5 cm³/mol. The van der Waals surface area contributed by atoms with E-state index in [-0.39, 0.29) is 22.0 Å². The molecule has 1 aromatic heterocycles. The normalized spacial score (nSPS) is 10.9. The number of anilines is 2. The van der Waals surface area contributed by atoms with Crippen molar-refractivity contribution in [3.8, 4) is 0 Å². The molecule has 0 aliphatic heterocycles. The van der Waals surface area contributed by atoms with Crippen LogP contribution in [0.15, 0.2) is 41.8 Å². The summed E-state index contributed by atoms with van der Waals surface area (Å²) in [6.07, 6.45) is 3.81.